The number of carbonyl (C=O) groups is 1. The largest absolute Gasteiger partial charge is 0.371 e. The number of likely N-dealkylation sites (tertiary alicyclic amines) is 1. The number of sulfonamides is 1. The van der Waals surface area contributed by atoms with Gasteiger partial charge in [0, 0.05) is 56.4 Å². The van der Waals surface area contributed by atoms with Gasteiger partial charge in [0.25, 0.3) is 15.9 Å². The van der Waals surface area contributed by atoms with Gasteiger partial charge in [0.05, 0.1) is 10.6 Å². The predicted molar refractivity (Wildman–Crippen MR) is 159 cm³/mol. The van der Waals surface area contributed by atoms with Gasteiger partial charge in [-0.15, -0.1) is 0 Å². The molecule has 2 fully saturated rings. The van der Waals surface area contributed by atoms with Crippen molar-refractivity contribution < 1.29 is 13.2 Å². The van der Waals surface area contributed by atoms with Crippen LogP contribution in [0.4, 0.5) is 11.4 Å². The van der Waals surface area contributed by atoms with E-state index < -0.39 is 10.0 Å². The summed E-state index contributed by atoms with van der Waals surface area (Å²) in [6.45, 7) is 9.74. The van der Waals surface area contributed by atoms with Crippen LogP contribution in [0.5, 0.6) is 0 Å². The number of hydrogen-bond acceptors (Lipinski definition) is 5. The number of rotatable bonds is 4. The van der Waals surface area contributed by atoms with E-state index in [1.54, 1.807) is 12.1 Å². The molecule has 0 atom stereocenters. The molecule has 0 radical (unpaired) electrons. The lowest BCUT2D eigenvalue weighted by Gasteiger charge is -2.47. The van der Waals surface area contributed by atoms with Crippen molar-refractivity contribution in [2.45, 2.75) is 57.8 Å². The molecule has 6 rings (SSSR count). The summed E-state index contributed by atoms with van der Waals surface area (Å²) in [6.07, 6.45) is 8.65. The first kappa shape index (κ1) is 26.8. The van der Waals surface area contributed by atoms with Crippen LogP contribution in [0.15, 0.2) is 59.8 Å². The summed E-state index contributed by atoms with van der Waals surface area (Å²) in [5.41, 5.74) is 6.50. The molecule has 40 heavy (non-hydrogen) atoms. The molecule has 2 aromatic carbocycles. The maximum atomic E-state index is 13.8. The van der Waals surface area contributed by atoms with E-state index >= 15 is 0 Å². The molecule has 0 unspecified atom stereocenters. The number of amides is 1. The highest BCUT2D eigenvalue weighted by Gasteiger charge is 2.39. The van der Waals surface area contributed by atoms with Gasteiger partial charge in [0.2, 0.25) is 0 Å². The average Bonchev–Trinajstić information content (AvgIpc) is 3.40. The summed E-state index contributed by atoms with van der Waals surface area (Å²) < 4.78 is 29.0. The molecule has 1 amide bonds. The number of nitrogens with zero attached hydrogens (tertiary/aromatic N) is 4. The van der Waals surface area contributed by atoms with Gasteiger partial charge in [0.1, 0.15) is 0 Å². The van der Waals surface area contributed by atoms with E-state index in [1.165, 1.54) is 9.99 Å². The van der Waals surface area contributed by atoms with Gasteiger partial charge in [-0.2, -0.15) is 0 Å². The van der Waals surface area contributed by atoms with Gasteiger partial charge in [0.15, 0.2) is 0 Å². The Morgan fingerprint density at radius 1 is 0.800 bits per heavy atom. The lowest BCUT2D eigenvalue weighted by atomic mass is 9.71. The van der Waals surface area contributed by atoms with Crippen molar-refractivity contribution in [1.29, 1.82) is 0 Å². The Balaban J connectivity index is 1.15. The minimum Gasteiger partial charge on any atom is -0.371 e. The second-order valence-corrected chi connectivity index (χ2v) is 13.7. The second kappa shape index (κ2) is 10.2. The quantitative estimate of drug-likeness (QED) is 0.436. The third kappa shape index (κ3) is 4.76. The van der Waals surface area contributed by atoms with Gasteiger partial charge >= 0.3 is 0 Å². The maximum absolute atomic E-state index is 13.8. The topological polar surface area (TPSA) is 73.8 Å². The van der Waals surface area contributed by atoms with Crippen molar-refractivity contribution in [2.75, 3.05) is 41.9 Å². The summed E-state index contributed by atoms with van der Waals surface area (Å²) >= 11 is 0. The number of carbonyl (C=O) groups excluding carboxylic acids is 1. The van der Waals surface area contributed by atoms with E-state index in [1.807, 2.05) is 56.3 Å². The Kier molecular flexibility index (Phi) is 6.85. The van der Waals surface area contributed by atoms with E-state index in [-0.39, 0.29) is 5.91 Å². The highest BCUT2D eigenvalue weighted by Crippen LogP contribution is 2.42. The number of pyridine rings is 1. The van der Waals surface area contributed by atoms with E-state index in [0.717, 1.165) is 74.1 Å². The van der Waals surface area contributed by atoms with Crippen molar-refractivity contribution in [2.24, 2.45) is 5.41 Å². The van der Waals surface area contributed by atoms with Crippen molar-refractivity contribution in [1.82, 2.24) is 9.88 Å². The zero-order valence-electron chi connectivity index (χ0n) is 23.7. The summed E-state index contributed by atoms with van der Waals surface area (Å²) in [5, 5.41) is 0. The van der Waals surface area contributed by atoms with Crippen LogP contribution in [0.1, 0.15) is 58.3 Å². The van der Waals surface area contributed by atoms with Gasteiger partial charge in [-0.25, -0.2) is 8.42 Å². The van der Waals surface area contributed by atoms with Crippen molar-refractivity contribution >= 4 is 27.3 Å². The smallest absolute Gasteiger partial charge is 0.264 e. The molecule has 0 aliphatic carbocycles. The zero-order chi connectivity index (χ0) is 28.1. The van der Waals surface area contributed by atoms with Crippen LogP contribution < -0.4 is 9.21 Å². The molecule has 1 spiro atoms. The fourth-order valence-corrected chi connectivity index (χ4v) is 8.51. The number of aryl methyl sites for hydroxylation is 3. The minimum atomic E-state index is -3.73. The fourth-order valence-electron chi connectivity index (χ4n) is 6.72. The normalized spacial score (nSPS) is 18.7. The molecular formula is C32H38N4O3S. The molecule has 3 aromatic rings. The van der Waals surface area contributed by atoms with Gasteiger partial charge in [-0.05, 0) is 111 Å². The van der Waals surface area contributed by atoms with Gasteiger partial charge < -0.3 is 9.80 Å². The second-order valence-electron chi connectivity index (χ2n) is 11.9. The molecule has 2 saturated heterocycles. The van der Waals surface area contributed by atoms with Crippen LogP contribution in [0.2, 0.25) is 0 Å². The van der Waals surface area contributed by atoms with Crippen LogP contribution in [-0.2, 0) is 16.4 Å². The predicted octanol–water partition coefficient (Wildman–Crippen LogP) is 5.28. The summed E-state index contributed by atoms with van der Waals surface area (Å²) in [5.74, 6) is -0.00141. The molecule has 1 aromatic heterocycles. The third-order valence-corrected chi connectivity index (χ3v) is 11.5. The lowest BCUT2D eigenvalue weighted by molar-refractivity contribution is 0.0515. The monoisotopic (exact) mass is 558 g/mol. The van der Waals surface area contributed by atoms with Crippen molar-refractivity contribution in [3.63, 3.8) is 0 Å². The molecule has 3 aliphatic heterocycles. The van der Waals surface area contributed by atoms with E-state index in [2.05, 4.69) is 22.0 Å². The number of piperidine rings is 2. The molecular weight excluding hydrogens is 520 g/mol. The number of benzene rings is 2. The Hall–Kier alpha value is -3.39. The van der Waals surface area contributed by atoms with E-state index in [9.17, 15) is 13.2 Å². The van der Waals surface area contributed by atoms with Gasteiger partial charge in [-0.1, -0.05) is 12.1 Å². The van der Waals surface area contributed by atoms with Crippen molar-refractivity contribution in [3.8, 4) is 0 Å². The Bertz CT molecular complexity index is 1540. The first-order valence-electron chi connectivity index (χ1n) is 14.3. The molecule has 210 valence electrons. The van der Waals surface area contributed by atoms with Gasteiger partial charge in [-0.3, -0.25) is 14.1 Å². The average molecular weight is 559 g/mol. The lowest BCUT2D eigenvalue weighted by Crippen LogP contribution is -2.48. The van der Waals surface area contributed by atoms with Crippen LogP contribution in [0, 0.1) is 26.2 Å². The van der Waals surface area contributed by atoms with Crippen LogP contribution >= 0.6 is 0 Å². The Labute approximate surface area is 237 Å². The Morgan fingerprint density at radius 3 is 2.15 bits per heavy atom. The minimum absolute atomic E-state index is 0.00141. The highest BCUT2D eigenvalue weighted by molar-refractivity contribution is 7.93. The standard InChI is InChI=1S/C32H38N4O3S/c1-23-20-25(3)30(21-24(23)2)40(38,39)36-15-8-26-4-5-27(22-29(26)36)31(37)35-18-11-32(12-19-35)9-16-34(17-10-32)28-6-13-33-14-7-28/h4-7,13-14,20-22H,8-12,15-19H2,1-3H3. The zero-order valence-corrected chi connectivity index (χ0v) is 24.5. The van der Waals surface area contributed by atoms with Crippen molar-refractivity contribution in [3.05, 3.63) is 82.7 Å². The van der Waals surface area contributed by atoms with E-state index in [4.69, 9.17) is 0 Å². The first-order valence-corrected chi connectivity index (χ1v) is 15.8. The third-order valence-electron chi connectivity index (χ3n) is 9.51. The Morgan fingerprint density at radius 2 is 1.45 bits per heavy atom. The first-order chi connectivity index (χ1) is 19.2. The molecule has 0 bridgehead atoms. The molecule has 7 nitrogen and oxygen atoms in total. The summed E-state index contributed by atoms with van der Waals surface area (Å²) in [6, 6.07) is 13.5. The number of fused-ring (bicyclic) bond motifs is 1. The molecule has 0 saturated carbocycles. The fraction of sp³-hybridized carbons (Fsp3) is 0.438. The number of hydrogen-bond donors (Lipinski definition) is 0. The van der Waals surface area contributed by atoms with Crippen LogP contribution in [-0.4, -0.2) is 56.9 Å². The molecule has 0 N–H and O–H groups in total. The SMILES string of the molecule is Cc1cc(C)c(S(=O)(=O)N2CCc3ccc(C(=O)N4CCC5(CC4)CCN(c4ccncc4)CC5)cc32)cc1C. The summed E-state index contributed by atoms with van der Waals surface area (Å²) in [7, 11) is -3.73. The molecule has 3 aliphatic rings. The maximum Gasteiger partial charge on any atom is 0.264 e. The molecule has 8 heteroatoms. The highest BCUT2D eigenvalue weighted by atomic mass is 32.2. The van der Waals surface area contributed by atoms with E-state index in [0.29, 0.717) is 34.5 Å². The molecule has 4 heterocycles. The number of aromatic nitrogens is 1. The summed E-state index contributed by atoms with van der Waals surface area (Å²) in [4.78, 5) is 22.5. The number of anilines is 2. The van der Waals surface area contributed by atoms with Crippen LogP contribution in [0.3, 0.4) is 0 Å². The van der Waals surface area contributed by atoms with Crippen LogP contribution in [0.25, 0.3) is 0 Å².